The molecule has 0 unspecified atom stereocenters. The average Bonchev–Trinajstić information content (AvgIpc) is 2.89. The zero-order valence-corrected chi connectivity index (χ0v) is 14.6. The van der Waals surface area contributed by atoms with Crippen molar-refractivity contribution in [1.82, 2.24) is 4.98 Å². The number of thiazole rings is 1. The van der Waals surface area contributed by atoms with Gasteiger partial charge in [-0.2, -0.15) is 0 Å². The van der Waals surface area contributed by atoms with E-state index in [0.29, 0.717) is 21.5 Å². The summed E-state index contributed by atoms with van der Waals surface area (Å²) in [5.41, 5.74) is 0.539. The van der Waals surface area contributed by atoms with Crippen LogP contribution in [0.25, 0.3) is 0 Å². The van der Waals surface area contributed by atoms with Gasteiger partial charge >= 0.3 is 11.9 Å². The van der Waals surface area contributed by atoms with Gasteiger partial charge < -0.3 is 14.2 Å². The van der Waals surface area contributed by atoms with Crippen LogP contribution in [0.1, 0.15) is 30.3 Å². The summed E-state index contributed by atoms with van der Waals surface area (Å²) in [6.45, 7) is 5.45. The fraction of sp³-hybridized carbons (Fsp3) is 0.353. The largest absolute Gasteiger partial charge is 0.465 e. The van der Waals surface area contributed by atoms with Crippen LogP contribution in [0.15, 0.2) is 30.3 Å². The van der Waals surface area contributed by atoms with Crippen molar-refractivity contribution in [1.29, 1.82) is 0 Å². The lowest BCUT2D eigenvalue weighted by molar-refractivity contribution is -0.156. The molecule has 0 aliphatic rings. The third-order valence-electron chi connectivity index (χ3n) is 3.07. The Morgan fingerprint density at radius 2 is 1.67 bits per heavy atom. The highest BCUT2D eigenvalue weighted by atomic mass is 32.1. The predicted octanol–water partition coefficient (Wildman–Crippen LogP) is 3.45. The molecule has 2 rings (SSSR count). The number of aromatic nitrogens is 1. The van der Waals surface area contributed by atoms with Gasteiger partial charge in [-0.05, 0) is 32.9 Å². The molecule has 0 amide bonds. The molecular weight excluding hydrogens is 330 g/mol. The summed E-state index contributed by atoms with van der Waals surface area (Å²) in [6.07, 6.45) is 0. The number of esters is 2. The molecule has 0 atom stereocenters. The quantitative estimate of drug-likeness (QED) is 0.563. The Labute approximate surface area is 144 Å². The molecule has 0 fully saturated rings. The van der Waals surface area contributed by atoms with Crippen LogP contribution < -0.4 is 4.74 Å². The number of hydrogen-bond acceptors (Lipinski definition) is 7. The van der Waals surface area contributed by atoms with Crippen molar-refractivity contribution in [3.8, 4) is 10.9 Å². The Kier molecular flexibility index (Phi) is 6.31. The SMILES string of the molecule is CCOC(=O)C(C(=O)OCC)c1sc(Oc2ccccc2)nc1C. The minimum atomic E-state index is -1.14. The van der Waals surface area contributed by atoms with E-state index in [0.717, 1.165) is 11.3 Å². The first-order valence-corrected chi connectivity index (χ1v) is 8.41. The molecule has 0 spiro atoms. The van der Waals surface area contributed by atoms with Gasteiger partial charge in [0.15, 0.2) is 5.92 Å². The van der Waals surface area contributed by atoms with Crippen molar-refractivity contribution in [2.45, 2.75) is 26.7 Å². The van der Waals surface area contributed by atoms with E-state index >= 15 is 0 Å². The van der Waals surface area contributed by atoms with Gasteiger partial charge in [-0.25, -0.2) is 4.98 Å². The van der Waals surface area contributed by atoms with Crippen LogP contribution in [0.4, 0.5) is 0 Å². The second-order valence-electron chi connectivity index (χ2n) is 4.78. The smallest absolute Gasteiger partial charge is 0.325 e. The molecule has 6 nitrogen and oxygen atoms in total. The summed E-state index contributed by atoms with van der Waals surface area (Å²) in [5, 5.41) is 0.354. The van der Waals surface area contributed by atoms with Gasteiger partial charge in [0.1, 0.15) is 5.75 Å². The molecule has 0 aliphatic carbocycles. The molecule has 7 heteroatoms. The van der Waals surface area contributed by atoms with E-state index in [-0.39, 0.29) is 13.2 Å². The van der Waals surface area contributed by atoms with Crippen LogP contribution in [-0.2, 0) is 19.1 Å². The van der Waals surface area contributed by atoms with Crippen molar-refractivity contribution in [3.05, 3.63) is 40.9 Å². The highest BCUT2D eigenvalue weighted by Crippen LogP contribution is 2.35. The monoisotopic (exact) mass is 349 g/mol. The second kappa shape index (κ2) is 8.44. The Hall–Kier alpha value is -2.41. The Morgan fingerprint density at radius 1 is 1.08 bits per heavy atom. The zero-order valence-electron chi connectivity index (χ0n) is 13.8. The number of carbonyl (C=O) groups is 2. The molecule has 128 valence electrons. The topological polar surface area (TPSA) is 74.7 Å². The van der Waals surface area contributed by atoms with Gasteiger partial charge in [0.25, 0.3) is 5.19 Å². The van der Waals surface area contributed by atoms with Crippen LogP contribution >= 0.6 is 11.3 Å². The summed E-state index contributed by atoms with van der Waals surface area (Å²) < 4.78 is 15.7. The summed E-state index contributed by atoms with van der Waals surface area (Å²) in [6, 6.07) is 9.16. The Balaban J connectivity index is 2.29. The molecule has 0 radical (unpaired) electrons. The van der Waals surface area contributed by atoms with Crippen molar-refractivity contribution in [3.63, 3.8) is 0 Å². The molecule has 2 aromatic rings. The summed E-state index contributed by atoms with van der Waals surface area (Å²) in [7, 11) is 0. The highest BCUT2D eigenvalue weighted by molar-refractivity contribution is 7.13. The van der Waals surface area contributed by atoms with Gasteiger partial charge in [0.2, 0.25) is 0 Å². The summed E-state index contributed by atoms with van der Waals surface area (Å²) in [4.78, 5) is 29.2. The molecule has 0 aliphatic heterocycles. The van der Waals surface area contributed by atoms with Crippen molar-refractivity contribution in [2.24, 2.45) is 0 Å². The average molecular weight is 349 g/mol. The summed E-state index contributed by atoms with van der Waals surface area (Å²) >= 11 is 1.14. The number of nitrogens with zero attached hydrogens (tertiary/aromatic N) is 1. The first kappa shape index (κ1) is 17.9. The number of ether oxygens (including phenoxy) is 3. The van der Waals surface area contributed by atoms with Gasteiger partial charge in [0, 0.05) is 0 Å². The minimum Gasteiger partial charge on any atom is -0.465 e. The molecular formula is C17H19NO5S. The number of aryl methyl sites for hydroxylation is 1. The number of para-hydroxylation sites is 1. The van der Waals surface area contributed by atoms with Crippen LogP contribution in [-0.4, -0.2) is 30.1 Å². The molecule has 1 heterocycles. The first-order valence-electron chi connectivity index (χ1n) is 7.60. The van der Waals surface area contributed by atoms with Crippen molar-refractivity contribution < 1.29 is 23.8 Å². The molecule has 0 saturated carbocycles. The molecule has 1 aromatic heterocycles. The molecule has 1 aromatic carbocycles. The van der Waals surface area contributed by atoms with Crippen molar-refractivity contribution in [2.75, 3.05) is 13.2 Å². The fourth-order valence-corrected chi connectivity index (χ4v) is 3.06. The van der Waals surface area contributed by atoms with Crippen molar-refractivity contribution >= 4 is 23.3 Å². The molecule has 0 bridgehead atoms. The third kappa shape index (κ3) is 4.32. The molecule has 0 saturated heterocycles. The van der Waals surface area contributed by atoms with E-state index in [1.165, 1.54) is 0 Å². The zero-order chi connectivity index (χ0) is 17.5. The Bertz CT molecular complexity index is 680. The molecule has 0 N–H and O–H groups in total. The summed E-state index contributed by atoms with van der Waals surface area (Å²) in [5.74, 6) is -1.81. The number of benzene rings is 1. The number of hydrogen-bond donors (Lipinski definition) is 0. The van der Waals surface area contributed by atoms with Gasteiger partial charge in [-0.15, -0.1) is 0 Å². The highest BCUT2D eigenvalue weighted by Gasteiger charge is 2.35. The van der Waals surface area contributed by atoms with Crippen LogP contribution in [0.3, 0.4) is 0 Å². The van der Waals surface area contributed by atoms with E-state index < -0.39 is 17.9 Å². The second-order valence-corrected chi connectivity index (χ2v) is 5.77. The fourth-order valence-electron chi connectivity index (χ4n) is 2.05. The number of rotatable bonds is 7. The molecule has 24 heavy (non-hydrogen) atoms. The third-order valence-corrected chi connectivity index (χ3v) is 4.17. The lowest BCUT2D eigenvalue weighted by Crippen LogP contribution is -2.26. The van der Waals surface area contributed by atoms with Crippen LogP contribution in [0.2, 0.25) is 0 Å². The number of carbonyl (C=O) groups excluding carboxylic acids is 2. The van der Waals surface area contributed by atoms with E-state index in [1.54, 1.807) is 32.9 Å². The van der Waals surface area contributed by atoms with E-state index in [4.69, 9.17) is 14.2 Å². The van der Waals surface area contributed by atoms with E-state index in [9.17, 15) is 9.59 Å². The van der Waals surface area contributed by atoms with Gasteiger partial charge in [0.05, 0.1) is 23.8 Å². The van der Waals surface area contributed by atoms with Gasteiger partial charge in [-0.3, -0.25) is 9.59 Å². The maximum Gasteiger partial charge on any atom is 0.325 e. The predicted molar refractivity (Wildman–Crippen MR) is 89.4 cm³/mol. The lowest BCUT2D eigenvalue weighted by atomic mass is 10.1. The maximum absolute atomic E-state index is 12.2. The first-order chi connectivity index (χ1) is 11.6. The Morgan fingerprint density at radius 3 is 2.21 bits per heavy atom. The van der Waals surface area contributed by atoms with E-state index in [1.807, 2.05) is 18.2 Å². The van der Waals surface area contributed by atoms with Crippen LogP contribution in [0.5, 0.6) is 10.9 Å². The maximum atomic E-state index is 12.2. The normalized spacial score (nSPS) is 10.5. The van der Waals surface area contributed by atoms with Gasteiger partial charge in [-0.1, -0.05) is 29.5 Å². The van der Waals surface area contributed by atoms with Crippen LogP contribution in [0, 0.1) is 6.92 Å². The standard InChI is InChI=1S/C17H19NO5S/c1-4-21-15(19)13(16(20)22-5-2)14-11(3)18-17(24-14)23-12-9-7-6-8-10-12/h6-10,13H,4-5H2,1-3H3. The lowest BCUT2D eigenvalue weighted by Gasteiger charge is -2.13. The minimum absolute atomic E-state index is 0.181. The van der Waals surface area contributed by atoms with E-state index in [2.05, 4.69) is 4.98 Å².